The number of carbonyl (C=O) groups is 1. The maximum absolute atomic E-state index is 13.2. The number of para-hydroxylation sites is 1. The first-order valence-electron chi connectivity index (χ1n) is 9.62. The number of nitro groups is 1. The van der Waals surface area contributed by atoms with Crippen molar-refractivity contribution < 1.29 is 14.5 Å². The SMILES string of the molecule is C[C@@H]1CN(c2ccc(C(=O)n3cc(C#N)c4ccccc43)cc2[N+](=O)[O-])C[C@H](C)O1. The minimum atomic E-state index is -0.467. The summed E-state index contributed by atoms with van der Waals surface area (Å²) in [4.78, 5) is 26.4. The van der Waals surface area contributed by atoms with Crippen LogP contribution in [0.15, 0.2) is 48.7 Å². The Bertz CT molecular complexity index is 1180. The Morgan fingerprint density at radius 2 is 1.90 bits per heavy atom. The molecule has 0 bridgehead atoms. The van der Waals surface area contributed by atoms with Gasteiger partial charge in [-0.3, -0.25) is 19.5 Å². The molecule has 152 valence electrons. The minimum absolute atomic E-state index is 0.0506. The fourth-order valence-corrected chi connectivity index (χ4v) is 4.02. The minimum Gasteiger partial charge on any atom is -0.372 e. The quantitative estimate of drug-likeness (QED) is 0.487. The van der Waals surface area contributed by atoms with E-state index >= 15 is 0 Å². The summed E-state index contributed by atoms with van der Waals surface area (Å²) in [6.45, 7) is 4.92. The lowest BCUT2D eigenvalue weighted by Gasteiger charge is -2.36. The number of nitriles is 1. The Hall–Kier alpha value is -3.70. The van der Waals surface area contributed by atoms with Gasteiger partial charge < -0.3 is 9.64 Å². The van der Waals surface area contributed by atoms with Gasteiger partial charge in [-0.15, -0.1) is 0 Å². The zero-order valence-corrected chi connectivity index (χ0v) is 16.6. The Kier molecular flexibility index (Phi) is 4.98. The molecule has 1 saturated heterocycles. The van der Waals surface area contributed by atoms with Crippen LogP contribution in [0.3, 0.4) is 0 Å². The number of morpholine rings is 1. The first kappa shape index (κ1) is 19.6. The monoisotopic (exact) mass is 404 g/mol. The number of carbonyl (C=O) groups excluding carboxylic acids is 1. The summed E-state index contributed by atoms with van der Waals surface area (Å²) in [7, 11) is 0. The predicted octanol–water partition coefficient (Wildman–Crippen LogP) is 3.72. The number of nitro benzene ring substituents is 1. The van der Waals surface area contributed by atoms with Gasteiger partial charge in [0.15, 0.2) is 0 Å². The van der Waals surface area contributed by atoms with Crippen LogP contribution < -0.4 is 4.90 Å². The topological polar surface area (TPSA) is 101 Å². The predicted molar refractivity (Wildman–Crippen MR) is 112 cm³/mol. The van der Waals surface area contributed by atoms with Crippen molar-refractivity contribution in [3.05, 3.63) is 69.9 Å². The third-order valence-electron chi connectivity index (χ3n) is 5.23. The second-order valence-electron chi connectivity index (χ2n) is 7.47. The van der Waals surface area contributed by atoms with Gasteiger partial charge in [0.2, 0.25) is 0 Å². The maximum atomic E-state index is 13.2. The van der Waals surface area contributed by atoms with Crippen LogP contribution in [0.4, 0.5) is 11.4 Å². The molecular weight excluding hydrogens is 384 g/mol. The highest BCUT2D eigenvalue weighted by molar-refractivity contribution is 6.04. The van der Waals surface area contributed by atoms with E-state index in [2.05, 4.69) is 6.07 Å². The molecule has 30 heavy (non-hydrogen) atoms. The number of ether oxygens (including phenoxy) is 1. The second-order valence-corrected chi connectivity index (χ2v) is 7.47. The summed E-state index contributed by atoms with van der Waals surface area (Å²) in [6, 6.07) is 13.7. The van der Waals surface area contributed by atoms with Gasteiger partial charge in [0, 0.05) is 36.3 Å². The molecule has 0 spiro atoms. The van der Waals surface area contributed by atoms with Gasteiger partial charge in [-0.1, -0.05) is 18.2 Å². The number of hydrogen-bond donors (Lipinski definition) is 0. The van der Waals surface area contributed by atoms with Gasteiger partial charge >= 0.3 is 0 Å². The van der Waals surface area contributed by atoms with Crippen molar-refractivity contribution in [1.29, 1.82) is 5.26 Å². The molecule has 1 aliphatic heterocycles. The molecule has 1 aliphatic rings. The molecule has 2 heterocycles. The van der Waals surface area contributed by atoms with E-state index in [1.165, 1.54) is 16.8 Å². The van der Waals surface area contributed by atoms with Crippen LogP contribution in [0.2, 0.25) is 0 Å². The number of rotatable bonds is 3. The summed E-state index contributed by atoms with van der Waals surface area (Å²) in [5.41, 5.74) is 1.49. The molecule has 0 saturated carbocycles. The number of hydrogen-bond acceptors (Lipinski definition) is 6. The molecule has 1 aromatic heterocycles. The molecule has 1 fully saturated rings. The lowest BCUT2D eigenvalue weighted by Crippen LogP contribution is -2.45. The Morgan fingerprint density at radius 3 is 2.57 bits per heavy atom. The van der Waals surface area contributed by atoms with Gasteiger partial charge in [0.1, 0.15) is 11.8 Å². The van der Waals surface area contributed by atoms with E-state index in [0.29, 0.717) is 35.2 Å². The van der Waals surface area contributed by atoms with Crippen molar-refractivity contribution in [2.45, 2.75) is 26.1 Å². The summed E-state index contributed by atoms with van der Waals surface area (Å²) in [5, 5.41) is 21.8. The highest BCUT2D eigenvalue weighted by Gasteiger charge is 2.28. The summed E-state index contributed by atoms with van der Waals surface area (Å²) in [5.74, 6) is -0.425. The average molecular weight is 404 g/mol. The molecule has 4 rings (SSSR count). The number of benzene rings is 2. The molecule has 0 amide bonds. The molecule has 8 heteroatoms. The zero-order valence-electron chi connectivity index (χ0n) is 16.6. The van der Waals surface area contributed by atoms with Gasteiger partial charge in [0.25, 0.3) is 11.6 Å². The van der Waals surface area contributed by atoms with Crippen molar-refractivity contribution in [2.75, 3.05) is 18.0 Å². The first-order chi connectivity index (χ1) is 14.4. The number of fused-ring (bicyclic) bond motifs is 1. The van der Waals surface area contributed by atoms with Gasteiger partial charge in [-0.2, -0.15) is 5.26 Å². The van der Waals surface area contributed by atoms with E-state index in [1.54, 1.807) is 36.4 Å². The van der Waals surface area contributed by atoms with E-state index < -0.39 is 10.8 Å². The van der Waals surface area contributed by atoms with Crippen molar-refractivity contribution in [1.82, 2.24) is 4.57 Å². The second kappa shape index (κ2) is 7.61. The number of nitrogens with zero attached hydrogens (tertiary/aromatic N) is 4. The van der Waals surface area contributed by atoms with Crippen LogP contribution in [-0.2, 0) is 4.74 Å². The Labute approximate surface area is 173 Å². The highest BCUT2D eigenvalue weighted by Crippen LogP contribution is 2.32. The molecule has 0 radical (unpaired) electrons. The highest BCUT2D eigenvalue weighted by atomic mass is 16.6. The smallest absolute Gasteiger partial charge is 0.293 e. The van der Waals surface area contributed by atoms with Gasteiger partial charge in [-0.25, -0.2) is 0 Å². The van der Waals surface area contributed by atoms with Crippen LogP contribution >= 0.6 is 0 Å². The molecule has 2 atom stereocenters. The van der Waals surface area contributed by atoms with Crippen molar-refractivity contribution in [3.63, 3.8) is 0 Å². The fraction of sp³-hybridized carbons (Fsp3) is 0.273. The standard InChI is InChI=1S/C22H20N4O4/c1-14-11-24(12-15(2)30-14)20-8-7-16(9-21(20)26(28)29)22(27)25-13-17(10-23)18-5-3-4-6-19(18)25/h3-9,13-15H,11-12H2,1-2H3/t14-,15+. The lowest BCUT2D eigenvalue weighted by molar-refractivity contribution is -0.384. The molecule has 2 aromatic carbocycles. The largest absolute Gasteiger partial charge is 0.372 e. The maximum Gasteiger partial charge on any atom is 0.293 e. The Morgan fingerprint density at radius 1 is 1.20 bits per heavy atom. The zero-order chi connectivity index (χ0) is 21.4. The van der Waals surface area contributed by atoms with Crippen LogP contribution in [-0.4, -0.2) is 40.7 Å². The number of anilines is 1. The van der Waals surface area contributed by atoms with Crippen LogP contribution in [0.25, 0.3) is 10.9 Å². The van der Waals surface area contributed by atoms with Crippen molar-refractivity contribution >= 4 is 28.2 Å². The van der Waals surface area contributed by atoms with E-state index in [0.717, 1.165) is 0 Å². The fourth-order valence-electron chi connectivity index (χ4n) is 4.02. The lowest BCUT2D eigenvalue weighted by atomic mass is 10.1. The van der Waals surface area contributed by atoms with Crippen LogP contribution in [0.5, 0.6) is 0 Å². The summed E-state index contributed by atoms with van der Waals surface area (Å²) < 4.78 is 7.08. The van der Waals surface area contributed by atoms with E-state index in [9.17, 15) is 20.2 Å². The summed E-state index contributed by atoms with van der Waals surface area (Å²) in [6.07, 6.45) is 1.37. The molecular formula is C22H20N4O4. The third kappa shape index (κ3) is 3.40. The van der Waals surface area contributed by atoms with Crippen LogP contribution in [0.1, 0.15) is 29.8 Å². The first-order valence-corrected chi connectivity index (χ1v) is 9.62. The van der Waals surface area contributed by atoms with E-state index in [1.807, 2.05) is 18.7 Å². The molecule has 0 N–H and O–H groups in total. The molecule has 8 nitrogen and oxygen atoms in total. The average Bonchev–Trinajstić information content (AvgIpc) is 3.11. The van der Waals surface area contributed by atoms with Crippen molar-refractivity contribution in [2.24, 2.45) is 0 Å². The Balaban J connectivity index is 1.76. The molecule has 3 aromatic rings. The van der Waals surface area contributed by atoms with E-state index in [4.69, 9.17) is 4.74 Å². The van der Waals surface area contributed by atoms with Gasteiger partial charge in [0.05, 0.1) is 28.2 Å². The van der Waals surface area contributed by atoms with Gasteiger partial charge in [-0.05, 0) is 32.0 Å². The number of aromatic nitrogens is 1. The normalized spacial score (nSPS) is 18.9. The third-order valence-corrected chi connectivity index (χ3v) is 5.23. The molecule has 0 unspecified atom stereocenters. The van der Waals surface area contributed by atoms with E-state index in [-0.39, 0.29) is 23.5 Å². The molecule has 0 aliphatic carbocycles. The van der Waals surface area contributed by atoms with Crippen LogP contribution in [0, 0.1) is 21.4 Å². The summed E-state index contributed by atoms with van der Waals surface area (Å²) >= 11 is 0. The van der Waals surface area contributed by atoms with Crippen molar-refractivity contribution in [3.8, 4) is 6.07 Å².